The number of ether oxygens (including phenoxy) is 4. The summed E-state index contributed by atoms with van der Waals surface area (Å²) in [5, 5.41) is 0. The first-order chi connectivity index (χ1) is 12.9. The maximum absolute atomic E-state index is 6.01. The second-order valence-electron chi connectivity index (χ2n) is 5.95. The molecule has 140 valence electrons. The number of rotatable bonds is 9. The van der Waals surface area contributed by atoms with Gasteiger partial charge in [-0.25, -0.2) is 5.43 Å². The number of benzene rings is 2. The zero-order valence-corrected chi connectivity index (χ0v) is 15.1. The van der Waals surface area contributed by atoms with Crippen molar-refractivity contribution in [2.75, 3.05) is 32.4 Å². The van der Waals surface area contributed by atoms with E-state index in [0.29, 0.717) is 19.6 Å². The molecule has 0 aromatic heterocycles. The summed E-state index contributed by atoms with van der Waals surface area (Å²) in [6.45, 7) is 2.60. The molecule has 0 atom stereocenters. The SMILES string of the molecule is COc1cccc(CNNc2ccccc2)c1OCCC1OCCCO1. The molecule has 0 amide bonds. The maximum Gasteiger partial charge on any atom is 0.165 e. The highest BCUT2D eigenvalue weighted by molar-refractivity contribution is 5.47. The third-order valence-corrected chi connectivity index (χ3v) is 4.06. The molecule has 0 spiro atoms. The van der Waals surface area contributed by atoms with Crippen molar-refractivity contribution >= 4 is 5.69 Å². The van der Waals surface area contributed by atoms with Crippen molar-refractivity contribution < 1.29 is 18.9 Å². The topological polar surface area (TPSA) is 61.0 Å². The van der Waals surface area contributed by atoms with Crippen molar-refractivity contribution in [3.8, 4) is 11.5 Å². The second-order valence-corrected chi connectivity index (χ2v) is 5.95. The van der Waals surface area contributed by atoms with Gasteiger partial charge in [0.15, 0.2) is 17.8 Å². The van der Waals surface area contributed by atoms with Crippen molar-refractivity contribution in [2.45, 2.75) is 25.7 Å². The fourth-order valence-electron chi connectivity index (χ4n) is 2.75. The van der Waals surface area contributed by atoms with E-state index in [1.54, 1.807) is 7.11 Å². The molecule has 2 N–H and O–H groups in total. The quantitative estimate of drug-likeness (QED) is 0.671. The molecular weight excluding hydrogens is 332 g/mol. The summed E-state index contributed by atoms with van der Waals surface area (Å²) in [6.07, 6.45) is 1.46. The Balaban J connectivity index is 1.56. The van der Waals surface area contributed by atoms with Gasteiger partial charge in [0.1, 0.15) is 0 Å². The van der Waals surface area contributed by atoms with Crippen LogP contribution in [0.2, 0.25) is 0 Å². The highest BCUT2D eigenvalue weighted by Crippen LogP contribution is 2.31. The van der Waals surface area contributed by atoms with Gasteiger partial charge in [-0.05, 0) is 24.6 Å². The minimum absolute atomic E-state index is 0.181. The Morgan fingerprint density at radius 2 is 1.85 bits per heavy atom. The predicted molar refractivity (Wildman–Crippen MR) is 100 cm³/mol. The first-order valence-electron chi connectivity index (χ1n) is 8.92. The third-order valence-electron chi connectivity index (χ3n) is 4.06. The maximum atomic E-state index is 6.01. The lowest BCUT2D eigenvalue weighted by Crippen LogP contribution is -2.26. The number of nitrogens with one attached hydrogen (secondary N) is 2. The molecular formula is C20H26N2O4. The highest BCUT2D eigenvalue weighted by Gasteiger charge is 2.16. The van der Waals surface area contributed by atoms with E-state index >= 15 is 0 Å². The molecule has 2 aromatic carbocycles. The van der Waals surface area contributed by atoms with Crippen LogP contribution in [0.1, 0.15) is 18.4 Å². The average molecular weight is 358 g/mol. The van der Waals surface area contributed by atoms with Crippen LogP contribution in [0.15, 0.2) is 48.5 Å². The Bertz CT molecular complexity index is 660. The molecule has 6 heteroatoms. The monoisotopic (exact) mass is 358 g/mol. The van der Waals surface area contributed by atoms with E-state index in [-0.39, 0.29) is 6.29 Å². The molecule has 1 heterocycles. The van der Waals surface area contributed by atoms with Gasteiger partial charge >= 0.3 is 0 Å². The summed E-state index contributed by atoms with van der Waals surface area (Å²) >= 11 is 0. The molecule has 1 saturated heterocycles. The van der Waals surface area contributed by atoms with Gasteiger partial charge in [0.2, 0.25) is 0 Å². The normalized spacial score (nSPS) is 14.8. The number of hydrogen-bond donors (Lipinski definition) is 2. The van der Waals surface area contributed by atoms with E-state index in [2.05, 4.69) is 10.9 Å². The van der Waals surface area contributed by atoms with Crippen LogP contribution >= 0.6 is 0 Å². The third kappa shape index (κ3) is 5.36. The summed E-state index contributed by atoms with van der Waals surface area (Å²) in [6, 6.07) is 15.8. The van der Waals surface area contributed by atoms with Crippen LogP contribution in [0.4, 0.5) is 5.69 Å². The van der Waals surface area contributed by atoms with E-state index in [9.17, 15) is 0 Å². The molecule has 1 aliphatic heterocycles. The van der Waals surface area contributed by atoms with E-state index in [1.165, 1.54) is 0 Å². The van der Waals surface area contributed by atoms with Gasteiger partial charge in [-0.1, -0.05) is 30.3 Å². The van der Waals surface area contributed by atoms with Crippen LogP contribution in [0.3, 0.4) is 0 Å². The fraction of sp³-hybridized carbons (Fsp3) is 0.400. The highest BCUT2D eigenvalue weighted by atomic mass is 16.7. The second kappa shape index (κ2) is 10.0. The summed E-state index contributed by atoms with van der Waals surface area (Å²) in [5.41, 5.74) is 8.41. The first kappa shape index (κ1) is 18.5. The largest absolute Gasteiger partial charge is 0.493 e. The standard InChI is InChI=1S/C20H26N2O4/c1-23-18-10-5-7-16(15-21-22-17-8-3-2-4-9-17)20(18)26-14-11-19-24-12-6-13-25-19/h2-5,7-10,19,21-22H,6,11-15H2,1H3. The molecule has 1 fully saturated rings. The Morgan fingerprint density at radius 3 is 2.62 bits per heavy atom. The molecule has 0 radical (unpaired) electrons. The van der Waals surface area contributed by atoms with Gasteiger partial charge in [-0.3, -0.25) is 0 Å². The molecule has 0 unspecified atom stereocenters. The van der Waals surface area contributed by atoms with Crippen molar-refractivity contribution in [1.82, 2.24) is 5.43 Å². The molecule has 0 aliphatic carbocycles. The van der Waals surface area contributed by atoms with Gasteiger partial charge in [-0.15, -0.1) is 0 Å². The smallest absolute Gasteiger partial charge is 0.165 e. The van der Waals surface area contributed by atoms with Crippen LogP contribution < -0.4 is 20.3 Å². The molecule has 3 rings (SSSR count). The zero-order chi connectivity index (χ0) is 18.0. The molecule has 0 bridgehead atoms. The van der Waals surface area contributed by atoms with E-state index in [1.807, 2.05) is 48.5 Å². The summed E-state index contributed by atoms with van der Waals surface area (Å²) in [5.74, 6) is 1.46. The van der Waals surface area contributed by atoms with Crippen molar-refractivity contribution in [3.05, 3.63) is 54.1 Å². The van der Waals surface area contributed by atoms with Crippen LogP contribution in [0.5, 0.6) is 11.5 Å². The Labute approximate surface area is 154 Å². The number of para-hydroxylation sites is 2. The Morgan fingerprint density at radius 1 is 1.04 bits per heavy atom. The minimum Gasteiger partial charge on any atom is -0.493 e. The number of methoxy groups -OCH3 is 1. The summed E-state index contributed by atoms with van der Waals surface area (Å²) in [4.78, 5) is 0. The summed E-state index contributed by atoms with van der Waals surface area (Å²) < 4.78 is 22.6. The lowest BCUT2D eigenvalue weighted by Gasteiger charge is -2.23. The number of hydrogen-bond acceptors (Lipinski definition) is 6. The lowest BCUT2D eigenvalue weighted by molar-refractivity contribution is -0.183. The number of anilines is 1. The zero-order valence-electron chi connectivity index (χ0n) is 15.1. The van der Waals surface area contributed by atoms with Gasteiger partial charge in [0.25, 0.3) is 0 Å². The molecule has 26 heavy (non-hydrogen) atoms. The van der Waals surface area contributed by atoms with Crippen LogP contribution in [-0.2, 0) is 16.0 Å². The predicted octanol–water partition coefficient (Wildman–Crippen LogP) is 3.34. The average Bonchev–Trinajstić information content (AvgIpc) is 2.70. The number of hydrazine groups is 1. The first-order valence-corrected chi connectivity index (χ1v) is 8.92. The van der Waals surface area contributed by atoms with Crippen LogP contribution in [0, 0.1) is 0 Å². The van der Waals surface area contributed by atoms with Gasteiger partial charge < -0.3 is 24.4 Å². The van der Waals surface area contributed by atoms with E-state index < -0.39 is 0 Å². The minimum atomic E-state index is -0.181. The Kier molecular flexibility index (Phi) is 7.13. The Hall–Kier alpha value is -2.28. The molecule has 2 aromatic rings. The van der Waals surface area contributed by atoms with Crippen LogP contribution in [-0.4, -0.2) is 33.2 Å². The molecule has 0 saturated carbocycles. The van der Waals surface area contributed by atoms with Gasteiger partial charge in [0.05, 0.1) is 26.9 Å². The van der Waals surface area contributed by atoms with Crippen LogP contribution in [0.25, 0.3) is 0 Å². The van der Waals surface area contributed by atoms with Gasteiger partial charge in [-0.2, -0.15) is 0 Å². The lowest BCUT2D eigenvalue weighted by atomic mass is 10.2. The van der Waals surface area contributed by atoms with Crippen molar-refractivity contribution in [2.24, 2.45) is 0 Å². The van der Waals surface area contributed by atoms with Crippen molar-refractivity contribution in [1.29, 1.82) is 0 Å². The molecule has 6 nitrogen and oxygen atoms in total. The van der Waals surface area contributed by atoms with E-state index in [4.69, 9.17) is 18.9 Å². The van der Waals surface area contributed by atoms with Crippen molar-refractivity contribution in [3.63, 3.8) is 0 Å². The fourth-order valence-corrected chi connectivity index (χ4v) is 2.75. The summed E-state index contributed by atoms with van der Waals surface area (Å²) in [7, 11) is 1.65. The van der Waals surface area contributed by atoms with E-state index in [0.717, 1.165) is 42.4 Å². The molecule has 1 aliphatic rings. The van der Waals surface area contributed by atoms with Gasteiger partial charge in [0, 0.05) is 24.2 Å².